The number of hydrogen-bond donors (Lipinski definition) is 2. The molecule has 0 bridgehead atoms. The van der Waals surface area contributed by atoms with Gasteiger partial charge in [0.15, 0.2) is 0 Å². The Labute approximate surface area is 192 Å². The topological polar surface area (TPSA) is 81.8 Å². The van der Waals surface area contributed by atoms with E-state index < -0.39 is 11.0 Å². The minimum atomic E-state index is -1.30. The third-order valence-electron chi connectivity index (χ3n) is 5.59. The van der Waals surface area contributed by atoms with E-state index in [1.54, 1.807) is 10.6 Å². The summed E-state index contributed by atoms with van der Waals surface area (Å²) in [5.41, 5.74) is 2.17. The molecule has 1 aliphatic rings. The molecular weight excluding hydrogens is 436 g/mol. The summed E-state index contributed by atoms with van der Waals surface area (Å²) >= 11 is 6.51. The van der Waals surface area contributed by atoms with Crippen LogP contribution in [0, 0.1) is 19.3 Å². The number of aryl methyl sites for hydroxylation is 1. The Bertz CT molecular complexity index is 850. The zero-order valence-electron chi connectivity index (χ0n) is 18.3. The van der Waals surface area contributed by atoms with Crippen molar-refractivity contribution in [3.8, 4) is 12.3 Å². The molecule has 170 valence electrons. The molecule has 1 aromatic rings. The van der Waals surface area contributed by atoms with Crippen molar-refractivity contribution in [1.82, 2.24) is 19.8 Å². The van der Waals surface area contributed by atoms with Gasteiger partial charge in [-0.25, -0.2) is 8.51 Å². The summed E-state index contributed by atoms with van der Waals surface area (Å²) in [4.78, 5) is 26.2. The zero-order chi connectivity index (χ0) is 23.0. The van der Waals surface area contributed by atoms with E-state index in [2.05, 4.69) is 34.4 Å². The molecular formula is C22H31ClN4O3S. The Morgan fingerprint density at radius 2 is 2.00 bits per heavy atom. The Kier molecular flexibility index (Phi) is 9.97. The van der Waals surface area contributed by atoms with E-state index in [9.17, 15) is 13.8 Å². The van der Waals surface area contributed by atoms with Crippen molar-refractivity contribution in [2.24, 2.45) is 0 Å². The van der Waals surface area contributed by atoms with Gasteiger partial charge in [-0.1, -0.05) is 35.7 Å². The summed E-state index contributed by atoms with van der Waals surface area (Å²) < 4.78 is 14.0. The lowest BCUT2D eigenvalue weighted by molar-refractivity contribution is -0.126. The summed E-state index contributed by atoms with van der Waals surface area (Å²) in [5.74, 6) is 1.61. The number of hydrogen-bond acceptors (Lipinski definition) is 4. The molecule has 1 aliphatic heterocycles. The number of amides is 2. The Morgan fingerprint density at radius 3 is 2.61 bits per heavy atom. The third-order valence-corrected chi connectivity index (χ3v) is 7.19. The van der Waals surface area contributed by atoms with Gasteiger partial charge in [0.2, 0.25) is 11.8 Å². The predicted molar refractivity (Wildman–Crippen MR) is 125 cm³/mol. The van der Waals surface area contributed by atoms with Crippen LogP contribution in [-0.2, 0) is 20.6 Å². The van der Waals surface area contributed by atoms with Crippen LogP contribution in [0.2, 0.25) is 5.02 Å². The molecule has 2 rings (SSSR count). The molecule has 9 heteroatoms. The maximum Gasteiger partial charge on any atom is 0.240 e. The first-order valence-corrected chi connectivity index (χ1v) is 12.2. The van der Waals surface area contributed by atoms with Crippen LogP contribution in [0.5, 0.6) is 0 Å². The first-order chi connectivity index (χ1) is 14.7. The summed E-state index contributed by atoms with van der Waals surface area (Å²) in [6, 6.07) is 6.29. The minimum absolute atomic E-state index is 0.0184. The molecule has 2 unspecified atom stereocenters. The molecule has 1 aromatic carbocycles. The SMILES string of the molecule is C#CCNC(=O)CNC(=O)CN(C1CCN(C(C)c2cccc(C)c2Cl)CC1)S(C)=O. The largest absolute Gasteiger partial charge is 0.346 e. The van der Waals surface area contributed by atoms with Gasteiger partial charge in [-0.3, -0.25) is 14.5 Å². The van der Waals surface area contributed by atoms with Gasteiger partial charge in [0, 0.05) is 36.5 Å². The van der Waals surface area contributed by atoms with Gasteiger partial charge in [-0.2, -0.15) is 0 Å². The van der Waals surface area contributed by atoms with Crippen LogP contribution >= 0.6 is 11.6 Å². The van der Waals surface area contributed by atoms with Crippen molar-refractivity contribution in [2.45, 2.75) is 38.8 Å². The lowest BCUT2D eigenvalue weighted by Crippen LogP contribution is -2.49. The van der Waals surface area contributed by atoms with Crippen LogP contribution in [0.4, 0.5) is 0 Å². The van der Waals surface area contributed by atoms with Gasteiger partial charge in [-0.15, -0.1) is 6.42 Å². The first-order valence-electron chi connectivity index (χ1n) is 10.3. The van der Waals surface area contributed by atoms with Crippen molar-refractivity contribution in [2.75, 3.05) is 39.0 Å². The standard InChI is InChI=1S/C22H31ClN4O3S/c1-5-11-24-20(28)14-25-21(29)15-27(31(4)30)18-9-12-26(13-10-18)17(3)19-8-6-7-16(2)22(19)23/h1,6-8,17-18H,9-15H2,2-4H3,(H,24,28)(H,25,29). The second kappa shape index (κ2) is 12.2. The Hall–Kier alpha value is -1.92. The summed E-state index contributed by atoms with van der Waals surface area (Å²) in [5, 5.41) is 5.84. The summed E-state index contributed by atoms with van der Waals surface area (Å²) in [6.45, 7) is 5.73. The molecule has 0 saturated carbocycles. The van der Waals surface area contributed by atoms with E-state index >= 15 is 0 Å². The van der Waals surface area contributed by atoms with Gasteiger partial charge in [-0.05, 0) is 37.8 Å². The fraction of sp³-hybridized carbons (Fsp3) is 0.545. The van der Waals surface area contributed by atoms with E-state index in [-0.39, 0.29) is 43.5 Å². The second-order valence-corrected chi connectivity index (χ2v) is 9.37. The van der Waals surface area contributed by atoms with Crippen LogP contribution in [-0.4, -0.2) is 70.2 Å². The number of carbonyl (C=O) groups excluding carboxylic acids is 2. The Balaban J connectivity index is 1.90. The molecule has 1 heterocycles. The average Bonchev–Trinajstić information content (AvgIpc) is 2.76. The fourth-order valence-electron chi connectivity index (χ4n) is 3.77. The molecule has 2 amide bonds. The second-order valence-electron chi connectivity index (χ2n) is 7.68. The van der Waals surface area contributed by atoms with E-state index in [0.717, 1.165) is 42.1 Å². The lowest BCUT2D eigenvalue weighted by atomic mass is 9.99. The smallest absolute Gasteiger partial charge is 0.240 e. The number of rotatable bonds is 9. The summed E-state index contributed by atoms with van der Waals surface area (Å²) in [6.07, 6.45) is 8.25. The van der Waals surface area contributed by atoms with E-state index in [0.29, 0.717) is 0 Å². The highest BCUT2D eigenvalue weighted by atomic mass is 35.5. The first kappa shape index (κ1) is 25.3. The molecule has 1 fully saturated rings. The van der Waals surface area contributed by atoms with Gasteiger partial charge in [0.05, 0.1) is 30.6 Å². The number of benzene rings is 1. The highest BCUT2D eigenvalue weighted by Gasteiger charge is 2.30. The van der Waals surface area contributed by atoms with E-state index in [4.69, 9.17) is 18.0 Å². The Morgan fingerprint density at radius 1 is 1.32 bits per heavy atom. The number of carbonyl (C=O) groups is 2. The number of nitrogens with zero attached hydrogens (tertiary/aromatic N) is 2. The number of terminal acetylenes is 1. The lowest BCUT2D eigenvalue weighted by Gasteiger charge is -2.39. The van der Waals surface area contributed by atoms with Crippen molar-refractivity contribution < 1.29 is 13.8 Å². The van der Waals surface area contributed by atoms with Crippen molar-refractivity contribution in [3.05, 3.63) is 34.3 Å². The molecule has 1 saturated heterocycles. The van der Waals surface area contributed by atoms with Crippen LogP contribution in [0.1, 0.15) is 36.9 Å². The predicted octanol–water partition coefficient (Wildman–Crippen LogP) is 1.63. The van der Waals surface area contributed by atoms with Gasteiger partial charge in [0.25, 0.3) is 0 Å². The average molecular weight is 467 g/mol. The molecule has 31 heavy (non-hydrogen) atoms. The van der Waals surface area contributed by atoms with E-state index in [1.165, 1.54) is 0 Å². The molecule has 2 N–H and O–H groups in total. The zero-order valence-corrected chi connectivity index (χ0v) is 19.9. The van der Waals surface area contributed by atoms with Crippen molar-refractivity contribution in [1.29, 1.82) is 0 Å². The molecule has 0 aliphatic carbocycles. The molecule has 0 radical (unpaired) electrons. The molecule has 0 aromatic heterocycles. The maximum atomic E-state index is 12.3. The van der Waals surface area contributed by atoms with Crippen molar-refractivity contribution >= 4 is 34.4 Å². The van der Waals surface area contributed by atoms with Crippen molar-refractivity contribution in [3.63, 3.8) is 0 Å². The van der Waals surface area contributed by atoms with Gasteiger partial charge < -0.3 is 10.6 Å². The number of piperidine rings is 1. The number of nitrogens with one attached hydrogen (secondary N) is 2. The highest BCUT2D eigenvalue weighted by molar-refractivity contribution is 7.81. The molecule has 2 atom stereocenters. The summed E-state index contributed by atoms with van der Waals surface area (Å²) in [7, 11) is -1.30. The fourth-order valence-corrected chi connectivity index (χ4v) is 4.98. The van der Waals surface area contributed by atoms with Crippen LogP contribution in [0.3, 0.4) is 0 Å². The van der Waals surface area contributed by atoms with Gasteiger partial charge in [0.1, 0.15) is 0 Å². The maximum absolute atomic E-state index is 12.3. The van der Waals surface area contributed by atoms with Crippen LogP contribution < -0.4 is 10.6 Å². The number of halogens is 1. The van der Waals surface area contributed by atoms with Crippen LogP contribution in [0.15, 0.2) is 18.2 Å². The van der Waals surface area contributed by atoms with Gasteiger partial charge >= 0.3 is 0 Å². The van der Waals surface area contributed by atoms with Crippen LogP contribution in [0.25, 0.3) is 0 Å². The number of likely N-dealkylation sites (tertiary alicyclic amines) is 1. The third kappa shape index (κ3) is 7.32. The normalized spacial score (nSPS) is 17.0. The molecule has 0 spiro atoms. The monoisotopic (exact) mass is 466 g/mol. The van der Waals surface area contributed by atoms with E-state index in [1.807, 2.05) is 19.1 Å². The minimum Gasteiger partial charge on any atom is -0.346 e. The highest BCUT2D eigenvalue weighted by Crippen LogP contribution is 2.32. The molecule has 7 nitrogen and oxygen atoms in total. The quantitative estimate of drug-likeness (QED) is 0.542.